The molecule has 0 aromatic heterocycles. The third-order valence-corrected chi connectivity index (χ3v) is 3.25. The van der Waals surface area contributed by atoms with Gasteiger partial charge in [-0.05, 0) is 48.5 Å². The van der Waals surface area contributed by atoms with Crippen molar-refractivity contribution < 1.29 is 4.74 Å². The first-order valence-electron chi connectivity index (χ1n) is 6.75. The van der Waals surface area contributed by atoms with Crippen LogP contribution in [0, 0.1) is 0 Å². The van der Waals surface area contributed by atoms with Gasteiger partial charge in [0.05, 0.1) is 7.11 Å². The monoisotopic (exact) mass is 258 g/mol. The number of benzene rings is 2. The maximum absolute atomic E-state index is 5.24. The second kappa shape index (κ2) is 7.12. The number of ether oxygens (including phenoxy) is 1. The summed E-state index contributed by atoms with van der Waals surface area (Å²) in [6.07, 6.45) is 1.06. The van der Waals surface area contributed by atoms with Crippen molar-refractivity contribution in [1.82, 2.24) is 10.6 Å². The van der Waals surface area contributed by atoms with Crippen LogP contribution in [0.4, 0.5) is 0 Å². The molecule has 2 aromatic carbocycles. The van der Waals surface area contributed by atoms with Gasteiger partial charge in [0, 0.05) is 13.1 Å². The summed E-state index contributed by atoms with van der Waals surface area (Å²) in [6, 6.07) is 12.8. The summed E-state index contributed by atoms with van der Waals surface area (Å²) in [4.78, 5) is 0. The zero-order valence-corrected chi connectivity index (χ0v) is 11.7. The Bertz CT molecular complexity index is 525. The molecular weight excluding hydrogens is 236 g/mol. The predicted octanol–water partition coefficient (Wildman–Crippen LogP) is 2.20. The normalized spacial score (nSPS) is 10.8. The van der Waals surface area contributed by atoms with Crippen LogP contribution in [0.15, 0.2) is 36.4 Å². The van der Waals surface area contributed by atoms with Gasteiger partial charge in [0.1, 0.15) is 5.75 Å². The van der Waals surface area contributed by atoms with E-state index in [-0.39, 0.29) is 0 Å². The van der Waals surface area contributed by atoms with Crippen LogP contribution < -0.4 is 15.4 Å². The van der Waals surface area contributed by atoms with E-state index in [0.29, 0.717) is 0 Å². The van der Waals surface area contributed by atoms with Crippen molar-refractivity contribution in [3.05, 3.63) is 42.0 Å². The van der Waals surface area contributed by atoms with Gasteiger partial charge in [0.15, 0.2) is 0 Å². The predicted molar refractivity (Wildman–Crippen MR) is 81.0 cm³/mol. The number of fused-ring (bicyclic) bond motifs is 1. The van der Waals surface area contributed by atoms with Gasteiger partial charge in [-0.2, -0.15) is 0 Å². The van der Waals surface area contributed by atoms with Crippen molar-refractivity contribution in [2.75, 3.05) is 33.8 Å². The van der Waals surface area contributed by atoms with Crippen molar-refractivity contribution in [2.24, 2.45) is 0 Å². The Morgan fingerprint density at radius 3 is 2.53 bits per heavy atom. The van der Waals surface area contributed by atoms with Crippen molar-refractivity contribution >= 4 is 10.8 Å². The summed E-state index contributed by atoms with van der Waals surface area (Å²) in [6.45, 7) is 3.04. The lowest BCUT2D eigenvalue weighted by atomic mass is 10.0. The average Bonchev–Trinajstić information content (AvgIpc) is 2.46. The standard InChI is InChI=1S/C16H22N2O/c1-17-9-10-18-8-7-13-3-4-15-12-16(19-2)6-5-14(15)11-13/h3-6,11-12,17-18H,7-10H2,1-2H3. The molecule has 102 valence electrons. The number of likely N-dealkylation sites (N-methyl/N-ethyl adjacent to an activating group) is 1. The van der Waals surface area contributed by atoms with Crippen LogP contribution in [-0.2, 0) is 6.42 Å². The topological polar surface area (TPSA) is 33.3 Å². The summed E-state index contributed by atoms with van der Waals surface area (Å²) in [7, 11) is 3.67. The van der Waals surface area contributed by atoms with Crippen LogP contribution in [0.2, 0.25) is 0 Å². The molecule has 0 amide bonds. The van der Waals surface area contributed by atoms with E-state index in [1.165, 1.54) is 16.3 Å². The molecule has 0 aliphatic heterocycles. The van der Waals surface area contributed by atoms with Gasteiger partial charge >= 0.3 is 0 Å². The minimum atomic E-state index is 0.911. The van der Waals surface area contributed by atoms with Gasteiger partial charge in [0.25, 0.3) is 0 Å². The molecule has 2 rings (SSSR count). The summed E-state index contributed by atoms with van der Waals surface area (Å²) >= 11 is 0. The zero-order valence-electron chi connectivity index (χ0n) is 11.7. The molecule has 0 aliphatic carbocycles. The Balaban J connectivity index is 1.97. The fourth-order valence-corrected chi connectivity index (χ4v) is 2.13. The zero-order chi connectivity index (χ0) is 13.5. The number of methoxy groups -OCH3 is 1. The summed E-state index contributed by atoms with van der Waals surface area (Å²) in [5, 5.41) is 9.05. The molecule has 0 heterocycles. The highest BCUT2D eigenvalue weighted by molar-refractivity contribution is 5.84. The van der Waals surface area contributed by atoms with E-state index in [1.807, 2.05) is 13.1 Å². The SMILES string of the molecule is CNCCNCCc1ccc2cc(OC)ccc2c1. The highest BCUT2D eigenvalue weighted by Crippen LogP contribution is 2.21. The van der Waals surface area contributed by atoms with Crippen molar-refractivity contribution in [3.8, 4) is 5.75 Å². The molecule has 0 radical (unpaired) electrons. The first-order chi connectivity index (χ1) is 9.33. The molecule has 0 atom stereocenters. The van der Waals surface area contributed by atoms with Crippen molar-refractivity contribution in [1.29, 1.82) is 0 Å². The van der Waals surface area contributed by atoms with Gasteiger partial charge in [0.2, 0.25) is 0 Å². The molecule has 0 saturated heterocycles. The Kier molecular flexibility index (Phi) is 5.19. The Morgan fingerprint density at radius 1 is 0.947 bits per heavy atom. The van der Waals surface area contributed by atoms with Crippen LogP contribution in [0.1, 0.15) is 5.56 Å². The molecule has 0 unspecified atom stereocenters. The molecule has 0 spiro atoms. The maximum Gasteiger partial charge on any atom is 0.119 e. The van der Waals surface area contributed by atoms with Crippen molar-refractivity contribution in [3.63, 3.8) is 0 Å². The highest BCUT2D eigenvalue weighted by Gasteiger charge is 1.99. The van der Waals surface area contributed by atoms with E-state index in [0.717, 1.165) is 31.8 Å². The molecule has 0 bridgehead atoms. The lowest BCUT2D eigenvalue weighted by Crippen LogP contribution is -2.26. The van der Waals surface area contributed by atoms with Crippen LogP contribution in [-0.4, -0.2) is 33.8 Å². The van der Waals surface area contributed by atoms with E-state index < -0.39 is 0 Å². The van der Waals surface area contributed by atoms with Gasteiger partial charge in [-0.25, -0.2) is 0 Å². The van der Waals surface area contributed by atoms with Crippen LogP contribution >= 0.6 is 0 Å². The summed E-state index contributed by atoms with van der Waals surface area (Å²) < 4.78 is 5.24. The van der Waals surface area contributed by atoms with Gasteiger partial charge in [-0.3, -0.25) is 0 Å². The third-order valence-electron chi connectivity index (χ3n) is 3.25. The fraction of sp³-hybridized carbons (Fsp3) is 0.375. The Hall–Kier alpha value is -1.58. The number of rotatable bonds is 7. The third kappa shape index (κ3) is 3.94. The van der Waals surface area contributed by atoms with E-state index in [4.69, 9.17) is 4.74 Å². The first kappa shape index (κ1) is 13.8. The van der Waals surface area contributed by atoms with E-state index in [2.05, 4.69) is 41.0 Å². The lowest BCUT2D eigenvalue weighted by Gasteiger charge is -2.07. The second-order valence-corrected chi connectivity index (χ2v) is 4.65. The van der Waals surface area contributed by atoms with Crippen molar-refractivity contribution in [2.45, 2.75) is 6.42 Å². The molecule has 2 N–H and O–H groups in total. The number of nitrogens with one attached hydrogen (secondary N) is 2. The quantitative estimate of drug-likeness (QED) is 0.747. The van der Waals surface area contributed by atoms with Crippen LogP contribution in [0.5, 0.6) is 5.75 Å². The molecule has 3 heteroatoms. The smallest absolute Gasteiger partial charge is 0.119 e. The Morgan fingerprint density at radius 2 is 1.74 bits per heavy atom. The molecule has 2 aromatic rings. The average molecular weight is 258 g/mol. The number of hydrogen-bond acceptors (Lipinski definition) is 3. The fourth-order valence-electron chi connectivity index (χ4n) is 2.13. The largest absolute Gasteiger partial charge is 0.497 e. The van der Waals surface area contributed by atoms with E-state index in [1.54, 1.807) is 7.11 Å². The van der Waals surface area contributed by atoms with Crippen LogP contribution in [0.25, 0.3) is 10.8 Å². The highest BCUT2D eigenvalue weighted by atomic mass is 16.5. The first-order valence-corrected chi connectivity index (χ1v) is 6.75. The molecular formula is C16H22N2O. The molecule has 0 aliphatic rings. The maximum atomic E-state index is 5.24. The van der Waals surface area contributed by atoms with Gasteiger partial charge in [-0.1, -0.05) is 24.3 Å². The molecule has 0 fully saturated rings. The summed E-state index contributed by atoms with van der Waals surface area (Å²) in [5.74, 6) is 0.911. The summed E-state index contributed by atoms with van der Waals surface area (Å²) in [5.41, 5.74) is 1.37. The minimum absolute atomic E-state index is 0.911. The second-order valence-electron chi connectivity index (χ2n) is 4.65. The molecule has 19 heavy (non-hydrogen) atoms. The Labute approximate surface area is 115 Å². The van der Waals surface area contributed by atoms with E-state index in [9.17, 15) is 0 Å². The van der Waals surface area contributed by atoms with Gasteiger partial charge < -0.3 is 15.4 Å². The van der Waals surface area contributed by atoms with Crippen LogP contribution in [0.3, 0.4) is 0 Å². The lowest BCUT2D eigenvalue weighted by molar-refractivity contribution is 0.415. The molecule has 0 saturated carbocycles. The van der Waals surface area contributed by atoms with E-state index >= 15 is 0 Å². The van der Waals surface area contributed by atoms with Gasteiger partial charge in [-0.15, -0.1) is 0 Å². The molecule has 3 nitrogen and oxygen atoms in total. The minimum Gasteiger partial charge on any atom is -0.497 e. The number of hydrogen-bond donors (Lipinski definition) is 2.